The number of halogens is 2. The van der Waals surface area contributed by atoms with Crippen LogP contribution in [0.1, 0.15) is 29.8 Å². The minimum atomic E-state index is -0.360. The van der Waals surface area contributed by atoms with Gasteiger partial charge >= 0.3 is 0 Å². The van der Waals surface area contributed by atoms with Crippen molar-refractivity contribution in [3.8, 4) is 0 Å². The van der Waals surface area contributed by atoms with Gasteiger partial charge in [0.2, 0.25) is 11.8 Å². The quantitative estimate of drug-likeness (QED) is 0.695. The van der Waals surface area contributed by atoms with Gasteiger partial charge in [0, 0.05) is 16.8 Å². The summed E-state index contributed by atoms with van der Waals surface area (Å²) in [6, 6.07) is 11.9. The molecule has 3 rings (SSSR count). The maximum Gasteiger partial charge on any atom is 0.256 e. The maximum atomic E-state index is 13.0. The van der Waals surface area contributed by atoms with E-state index in [1.54, 1.807) is 17.0 Å². The van der Waals surface area contributed by atoms with Gasteiger partial charge in [-0.05, 0) is 51.1 Å². The first kappa shape index (κ1) is 22.1. The molecule has 0 saturated carbocycles. The van der Waals surface area contributed by atoms with Crippen molar-refractivity contribution in [1.29, 1.82) is 0 Å². The van der Waals surface area contributed by atoms with Crippen LogP contribution in [0.25, 0.3) is 0 Å². The summed E-state index contributed by atoms with van der Waals surface area (Å²) in [5.74, 6) is -0.818. The largest absolute Gasteiger partial charge is 0.327 e. The van der Waals surface area contributed by atoms with E-state index in [1.807, 2.05) is 45.0 Å². The summed E-state index contributed by atoms with van der Waals surface area (Å²) >= 11 is 12.1. The van der Waals surface area contributed by atoms with E-state index in [0.29, 0.717) is 5.02 Å². The molecular formula is C22H23Cl2N3O3. The Hall–Kier alpha value is -2.57. The van der Waals surface area contributed by atoms with Crippen molar-refractivity contribution < 1.29 is 14.4 Å². The van der Waals surface area contributed by atoms with E-state index in [9.17, 15) is 14.4 Å². The average Bonchev–Trinajstić information content (AvgIpc) is 3.07. The number of carbonyl (C=O) groups excluding carboxylic acids is 3. The van der Waals surface area contributed by atoms with Crippen LogP contribution in [0, 0.1) is 6.92 Å². The van der Waals surface area contributed by atoms with Crippen LogP contribution in [0.3, 0.4) is 0 Å². The molecule has 0 N–H and O–H groups in total. The summed E-state index contributed by atoms with van der Waals surface area (Å²) in [6.45, 7) is 5.60. The highest BCUT2D eigenvalue weighted by Crippen LogP contribution is 2.24. The molecule has 30 heavy (non-hydrogen) atoms. The second-order valence-corrected chi connectivity index (χ2v) is 8.39. The molecule has 2 aromatic rings. The van der Waals surface area contributed by atoms with Gasteiger partial charge in [-0.2, -0.15) is 0 Å². The van der Waals surface area contributed by atoms with Gasteiger partial charge in [0.25, 0.3) is 5.91 Å². The average molecular weight is 448 g/mol. The van der Waals surface area contributed by atoms with Gasteiger partial charge in [0.1, 0.15) is 19.8 Å². The van der Waals surface area contributed by atoms with E-state index in [4.69, 9.17) is 23.2 Å². The predicted octanol–water partition coefficient (Wildman–Crippen LogP) is 3.99. The molecule has 0 aromatic heterocycles. The molecule has 0 unspecified atom stereocenters. The van der Waals surface area contributed by atoms with E-state index in [2.05, 4.69) is 0 Å². The number of anilines is 1. The van der Waals surface area contributed by atoms with Crippen molar-refractivity contribution in [2.45, 2.75) is 26.8 Å². The van der Waals surface area contributed by atoms with E-state index in [1.165, 1.54) is 15.9 Å². The highest BCUT2D eigenvalue weighted by molar-refractivity contribution is 6.36. The first-order valence-corrected chi connectivity index (χ1v) is 10.3. The van der Waals surface area contributed by atoms with Crippen molar-refractivity contribution in [3.63, 3.8) is 0 Å². The molecule has 1 aliphatic heterocycles. The zero-order chi connectivity index (χ0) is 22.0. The summed E-state index contributed by atoms with van der Waals surface area (Å²) in [6.07, 6.45) is 0. The van der Waals surface area contributed by atoms with Gasteiger partial charge < -0.3 is 9.80 Å². The molecule has 8 heteroatoms. The van der Waals surface area contributed by atoms with E-state index >= 15 is 0 Å². The lowest BCUT2D eigenvalue weighted by Crippen LogP contribution is -2.45. The zero-order valence-electron chi connectivity index (χ0n) is 17.1. The van der Waals surface area contributed by atoms with Gasteiger partial charge in [0.05, 0.1) is 10.6 Å². The van der Waals surface area contributed by atoms with Crippen LogP contribution < -0.4 is 4.90 Å². The molecule has 1 fully saturated rings. The first-order valence-electron chi connectivity index (χ1n) is 9.58. The number of hydrogen-bond acceptors (Lipinski definition) is 3. The number of nitrogens with zero attached hydrogens (tertiary/aromatic N) is 3. The molecule has 1 aliphatic rings. The third-order valence-electron chi connectivity index (χ3n) is 4.99. The van der Waals surface area contributed by atoms with Crippen molar-refractivity contribution >= 4 is 46.6 Å². The lowest BCUT2D eigenvalue weighted by Gasteiger charge is -2.28. The molecule has 0 aliphatic carbocycles. The fourth-order valence-corrected chi connectivity index (χ4v) is 3.71. The molecule has 3 amide bonds. The Labute approximate surface area is 186 Å². The van der Waals surface area contributed by atoms with E-state index < -0.39 is 0 Å². The molecule has 0 radical (unpaired) electrons. The molecule has 1 heterocycles. The second-order valence-electron chi connectivity index (χ2n) is 7.54. The number of aryl methyl sites for hydroxylation is 1. The maximum absolute atomic E-state index is 13.0. The normalized spacial score (nSPS) is 13.9. The molecule has 1 saturated heterocycles. The Morgan fingerprint density at radius 1 is 1.10 bits per heavy atom. The minimum Gasteiger partial charge on any atom is -0.327 e. The van der Waals surface area contributed by atoms with Gasteiger partial charge in [0.15, 0.2) is 0 Å². The van der Waals surface area contributed by atoms with Crippen LogP contribution in [-0.4, -0.2) is 53.3 Å². The highest BCUT2D eigenvalue weighted by atomic mass is 35.5. The summed E-state index contributed by atoms with van der Waals surface area (Å²) in [5.41, 5.74) is 2.11. The number of rotatable bonds is 5. The number of carbonyl (C=O) groups is 3. The molecule has 0 spiro atoms. The number of hydrogen-bond donors (Lipinski definition) is 0. The number of benzene rings is 2. The SMILES string of the molecule is Cc1ccc(N2CN(C(=O)CN(C(=O)c3ccc(Cl)cc3Cl)C(C)C)CC2=O)cc1. The van der Waals surface area contributed by atoms with E-state index in [-0.39, 0.29) is 54.1 Å². The molecule has 6 nitrogen and oxygen atoms in total. The third-order valence-corrected chi connectivity index (χ3v) is 5.54. The molecule has 0 bridgehead atoms. The Morgan fingerprint density at radius 3 is 2.37 bits per heavy atom. The third kappa shape index (κ3) is 4.77. The molecule has 0 atom stereocenters. The Balaban J connectivity index is 1.73. The lowest BCUT2D eigenvalue weighted by molar-refractivity contribution is -0.132. The smallest absolute Gasteiger partial charge is 0.256 e. The van der Waals surface area contributed by atoms with Crippen LogP contribution in [0.15, 0.2) is 42.5 Å². The van der Waals surface area contributed by atoms with Gasteiger partial charge in [-0.15, -0.1) is 0 Å². The fraction of sp³-hybridized carbons (Fsp3) is 0.318. The summed E-state index contributed by atoms with van der Waals surface area (Å²) < 4.78 is 0. The van der Waals surface area contributed by atoms with Gasteiger partial charge in [-0.3, -0.25) is 19.3 Å². The van der Waals surface area contributed by atoms with Crippen LogP contribution in [0.2, 0.25) is 10.0 Å². The molecular weight excluding hydrogens is 425 g/mol. The summed E-state index contributed by atoms with van der Waals surface area (Å²) in [4.78, 5) is 42.8. The Bertz CT molecular complexity index is 976. The fourth-order valence-electron chi connectivity index (χ4n) is 3.22. The van der Waals surface area contributed by atoms with Gasteiger partial charge in [-0.1, -0.05) is 40.9 Å². The second kappa shape index (κ2) is 9.06. The number of amides is 3. The van der Waals surface area contributed by atoms with Crippen LogP contribution >= 0.6 is 23.2 Å². The highest BCUT2D eigenvalue weighted by Gasteiger charge is 2.33. The Morgan fingerprint density at radius 2 is 1.77 bits per heavy atom. The zero-order valence-corrected chi connectivity index (χ0v) is 18.6. The minimum absolute atomic E-state index is 0.0193. The van der Waals surface area contributed by atoms with Crippen LogP contribution in [0.4, 0.5) is 5.69 Å². The predicted molar refractivity (Wildman–Crippen MR) is 118 cm³/mol. The monoisotopic (exact) mass is 447 g/mol. The van der Waals surface area contributed by atoms with Crippen LogP contribution in [-0.2, 0) is 9.59 Å². The standard InChI is InChI=1S/C22H23Cl2N3O3/c1-14(2)26(22(30)18-9-6-16(23)10-19(18)24)12-20(28)25-11-21(29)27(13-25)17-7-4-15(3)5-8-17/h4-10,14H,11-13H2,1-3H3. The molecule has 2 aromatic carbocycles. The van der Waals surface area contributed by atoms with E-state index in [0.717, 1.165) is 11.3 Å². The van der Waals surface area contributed by atoms with Crippen molar-refractivity contribution in [1.82, 2.24) is 9.80 Å². The first-order chi connectivity index (χ1) is 14.2. The van der Waals surface area contributed by atoms with Crippen molar-refractivity contribution in [2.75, 3.05) is 24.7 Å². The van der Waals surface area contributed by atoms with Crippen molar-refractivity contribution in [3.05, 3.63) is 63.6 Å². The topological polar surface area (TPSA) is 60.9 Å². The summed E-state index contributed by atoms with van der Waals surface area (Å²) in [7, 11) is 0. The lowest BCUT2D eigenvalue weighted by atomic mass is 10.1. The van der Waals surface area contributed by atoms with Crippen molar-refractivity contribution in [2.24, 2.45) is 0 Å². The van der Waals surface area contributed by atoms with Gasteiger partial charge in [-0.25, -0.2) is 0 Å². The Kier molecular flexibility index (Phi) is 6.68. The van der Waals surface area contributed by atoms with Crippen LogP contribution in [0.5, 0.6) is 0 Å². The summed E-state index contributed by atoms with van der Waals surface area (Å²) in [5, 5.41) is 0.656. The molecule has 158 valence electrons.